The number of halogens is 2. The first-order valence-corrected chi connectivity index (χ1v) is 7.65. The fraction of sp³-hybridized carbons (Fsp3) is 0.294. The molecule has 0 aliphatic carbocycles. The van der Waals surface area contributed by atoms with Gasteiger partial charge >= 0.3 is 6.01 Å². The molecule has 138 valence electrons. The van der Waals surface area contributed by atoms with Gasteiger partial charge in [-0.05, 0) is 18.2 Å². The average Bonchev–Trinajstić information content (AvgIpc) is 2.62. The van der Waals surface area contributed by atoms with E-state index >= 15 is 0 Å². The Bertz CT molecular complexity index is 791. The lowest BCUT2D eigenvalue weighted by atomic mass is 10.1. The van der Waals surface area contributed by atoms with E-state index in [4.69, 9.17) is 15.3 Å². The van der Waals surface area contributed by atoms with E-state index in [-0.39, 0.29) is 18.2 Å². The van der Waals surface area contributed by atoms with E-state index < -0.39 is 5.92 Å². The molecule has 0 spiro atoms. The molecule has 0 aliphatic heterocycles. The number of aromatic nitrogens is 2. The number of hydrazone groups is 1. The molecule has 2 N–H and O–H groups in total. The molecule has 0 bridgehead atoms. The second-order valence-corrected chi connectivity index (χ2v) is 5.37. The summed E-state index contributed by atoms with van der Waals surface area (Å²) < 4.78 is 37.1. The Balaban J connectivity index is 2.01. The number of hydrogen-bond donors (Lipinski definition) is 1. The predicted octanol–water partition coefficient (Wildman–Crippen LogP) is 2.83. The minimum atomic E-state index is -2.94. The van der Waals surface area contributed by atoms with Crippen LogP contribution < -0.4 is 10.6 Å². The van der Waals surface area contributed by atoms with Crippen molar-refractivity contribution in [1.29, 1.82) is 0 Å². The summed E-state index contributed by atoms with van der Waals surface area (Å²) in [5, 5.41) is 3.56. The van der Waals surface area contributed by atoms with Gasteiger partial charge in [-0.3, -0.25) is 4.99 Å². The van der Waals surface area contributed by atoms with Crippen LogP contribution >= 0.6 is 0 Å². The van der Waals surface area contributed by atoms with Gasteiger partial charge in [-0.15, -0.1) is 0 Å². The van der Waals surface area contributed by atoms with Crippen molar-refractivity contribution in [3.63, 3.8) is 0 Å². The highest BCUT2D eigenvalue weighted by atomic mass is 19.3. The maximum absolute atomic E-state index is 13.4. The summed E-state index contributed by atoms with van der Waals surface area (Å²) in [7, 11) is 1.56. The maximum atomic E-state index is 13.4. The highest BCUT2D eigenvalue weighted by Gasteiger charge is 2.24. The highest BCUT2D eigenvalue weighted by Crippen LogP contribution is 2.29. The van der Waals surface area contributed by atoms with E-state index in [9.17, 15) is 8.78 Å². The van der Waals surface area contributed by atoms with Crippen molar-refractivity contribution in [1.82, 2.24) is 9.97 Å². The van der Waals surface area contributed by atoms with Gasteiger partial charge in [0.15, 0.2) is 0 Å². The lowest BCUT2D eigenvalue weighted by Crippen LogP contribution is -2.16. The van der Waals surface area contributed by atoms with Gasteiger partial charge in [0.05, 0.1) is 24.2 Å². The van der Waals surface area contributed by atoms with E-state index in [2.05, 4.69) is 20.1 Å². The van der Waals surface area contributed by atoms with Gasteiger partial charge < -0.3 is 15.3 Å². The molecule has 2 aromatic rings. The summed E-state index contributed by atoms with van der Waals surface area (Å²) in [6.45, 7) is 1.13. The van der Waals surface area contributed by atoms with E-state index in [1.54, 1.807) is 25.4 Å². The van der Waals surface area contributed by atoms with Crippen LogP contribution in [-0.4, -0.2) is 35.6 Å². The van der Waals surface area contributed by atoms with Crippen LogP contribution in [0.5, 0.6) is 6.01 Å². The summed E-state index contributed by atoms with van der Waals surface area (Å²) in [5.74, 6) is 2.37. The van der Waals surface area contributed by atoms with E-state index in [1.165, 1.54) is 24.4 Å². The Morgan fingerprint density at radius 1 is 1.35 bits per heavy atom. The van der Waals surface area contributed by atoms with Crippen LogP contribution in [0.1, 0.15) is 18.2 Å². The molecular weight excluding hydrogens is 344 g/mol. The molecular formula is C17H19F2N5O2. The van der Waals surface area contributed by atoms with Gasteiger partial charge in [-0.2, -0.15) is 10.1 Å². The molecule has 1 aromatic carbocycles. The zero-order valence-corrected chi connectivity index (χ0v) is 14.4. The zero-order valence-electron chi connectivity index (χ0n) is 14.4. The summed E-state index contributed by atoms with van der Waals surface area (Å²) in [6.07, 6.45) is 2.88. The third-order valence-corrected chi connectivity index (χ3v) is 3.21. The molecule has 0 fully saturated rings. The summed E-state index contributed by atoms with van der Waals surface area (Å²) in [4.78, 5) is 12.2. The van der Waals surface area contributed by atoms with Crippen molar-refractivity contribution in [2.24, 2.45) is 15.9 Å². The first kappa shape index (κ1) is 19.4. The Morgan fingerprint density at radius 3 is 2.85 bits per heavy atom. The Labute approximate surface area is 149 Å². The van der Waals surface area contributed by atoms with Gasteiger partial charge in [0.1, 0.15) is 12.3 Å². The molecule has 1 heterocycles. The van der Waals surface area contributed by atoms with Crippen LogP contribution in [0.25, 0.3) is 0 Å². The second-order valence-electron chi connectivity index (χ2n) is 5.37. The third-order valence-electron chi connectivity index (χ3n) is 3.21. The topological polar surface area (TPSA) is 95.0 Å². The monoisotopic (exact) mass is 363 g/mol. The van der Waals surface area contributed by atoms with Crippen LogP contribution in [0.2, 0.25) is 0 Å². The molecule has 26 heavy (non-hydrogen) atoms. The Hall–Kier alpha value is -2.94. The van der Waals surface area contributed by atoms with Gasteiger partial charge in [-0.1, -0.05) is 12.1 Å². The van der Waals surface area contributed by atoms with E-state index in [1.807, 2.05) is 0 Å². The molecule has 0 saturated heterocycles. The number of ether oxygens (including phenoxy) is 2. The summed E-state index contributed by atoms with van der Waals surface area (Å²) in [6, 6.07) is 7.57. The largest absolute Gasteiger partial charge is 0.457 e. The first-order valence-electron chi connectivity index (χ1n) is 7.65. The van der Waals surface area contributed by atoms with Gasteiger partial charge in [0.25, 0.3) is 5.92 Å². The molecule has 0 aliphatic rings. The predicted molar refractivity (Wildman–Crippen MR) is 94.0 cm³/mol. The van der Waals surface area contributed by atoms with Crippen molar-refractivity contribution in [2.45, 2.75) is 19.5 Å². The fourth-order valence-electron chi connectivity index (χ4n) is 1.93. The van der Waals surface area contributed by atoms with Crippen molar-refractivity contribution in [2.75, 3.05) is 13.7 Å². The van der Waals surface area contributed by atoms with Crippen LogP contribution in [-0.2, 0) is 17.3 Å². The average molecular weight is 363 g/mol. The first-order chi connectivity index (χ1) is 12.4. The number of alkyl halides is 2. The van der Waals surface area contributed by atoms with E-state index in [0.717, 1.165) is 6.92 Å². The lowest BCUT2D eigenvalue weighted by molar-refractivity contribution is 0.0175. The molecule has 0 amide bonds. The number of nitrogens with zero attached hydrogens (tertiary/aromatic N) is 4. The molecule has 1 aromatic heterocycles. The minimum Gasteiger partial charge on any atom is -0.457 e. The summed E-state index contributed by atoms with van der Waals surface area (Å²) >= 11 is 0. The van der Waals surface area contributed by atoms with Crippen LogP contribution in [0, 0.1) is 0 Å². The molecule has 0 radical (unpaired) electrons. The normalized spacial score (nSPS) is 12.5. The van der Waals surface area contributed by atoms with Gasteiger partial charge in [0.2, 0.25) is 0 Å². The minimum absolute atomic E-state index is 0.0277. The van der Waals surface area contributed by atoms with Crippen molar-refractivity contribution in [3.05, 3.63) is 47.8 Å². The number of hydrogen-bond acceptors (Lipinski definition) is 7. The van der Waals surface area contributed by atoms with E-state index in [0.29, 0.717) is 23.7 Å². The number of nitrogens with two attached hydrogens (primary N) is 1. The summed E-state index contributed by atoms with van der Waals surface area (Å²) in [5.41, 5.74) is 1.18. The fourth-order valence-corrected chi connectivity index (χ4v) is 1.93. The number of aliphatic imine (C=N–C) groups is 1. The number of rotatable bonds is 8. The number of methoxy groups -OCH3 is 1. The molecule has 0 unspecified atom stereocenters. The number of benzene rings is 1. The molecule has 9 heteroatoms. The molecule has 2 rings (SSSR count). The molecule has 0 saturated carbocycles. The third kappa shape index (κ3) is 5.85. The molecule has 0 atom stereocenters. The van der Waals surface area contributed by atoms with Gasteiger partial charge in [-0.25, -0.2) is 13.8 Å². The SMILES string of the molecule is COCc1ccnc(OCC(C=Nc2cccc(C(C)(F)F)c2)=NN)n1. The van der Waals surface area contributed by atoms with Crippen molar-refractivity contribution >= 4 is 17.6 Å². The quantitative estimate of drug-likeness (QED) is 0.442. The smallest absolute Gasteiger partial charge is 0.317 e. The highest BCUT2D eigenvalue weighted by molar-refractivity contribution is 6.31. The van der Waals surface area contributed by atoms with Crippen LogP contribution in [0.15, 0.2) is 46.6 Å². The molecule has 7 nitrogen and oxygen atoms in total. The maximum Gasteiger partial charge on any atom is 0.317 e. The zero-order chi connectivity index (χ0) is 19.0. The van der Waals surface area contributed by atoms with Gasteiger partial charge in [0, 0.05) is 25.8 Å². The Kier molecular flexibility index (Phi) is 6.67. The van der Waals surface area contributed by atoms with Crippen molar-refractivity contribution < 1.29 is 18.3 Å². The van der Waals surface area contributed by atoms with Crippen molar-refractivity contribution in [3.8, 4) is 6.01 Å². The lowest BCUT2D eigenvalue weighted by Gasteiger charge is -2.10. The standard InChI is InChI=1S/C17H19F2N5O2/c1-17(18,19)12-4-3-5-13(8-12)22-9-15(24-20)11-26-16-21-7-6-14(23-16)10-25-2/h3-9H,10-11,20H2,1-2H3. The van der Waals surface area contributed by atoms with Crippen LogP contribution in [0.3, 0.4) is 0 Å². The second kappa shape index (κ2) is 8.95. The Morgan fingerprint density at radius 2 is 2.15 bits per heavy atom. The van der Waals surface area contributed by atoms with Crippen LogP contribution in [0.4, 0.5) is 14.5 Å².